The van der Waals surface area contributed by atoms with Crippen molar-refractivity contribution in [1.29, 1.82) is 0 Å². The molecule has 0 aliphatic carbocycles. The van der Waals surface area contributed by atoms with Crippen LogP contribution in [0.25, 0.3) is 5.57 Å². The Bertz CT molecular complexity index is 591. The molecule has 0 N–H and O–H groups in total. The van der Waals surface area contributed by atoms with Crippen LogP contribution < -0.4 is 0 Å². The van der Waals surface area contributed by atoms with E-state index in [1.165, 1.54) is 4.90 Å². The molecule has 1 aliphatic heterocycles. The molecule has 1 aromatic rings. The number of rotatable bonds is 4. The van der Waals surface area contributed by atoms with Gasteiger partial charge in [-0.2, -0.15) is 0 Å². The van der Waals surface area contributed by atoms with Crippen molar-refractivity contribution < 1.29 is 14.3 Å². The number of hydrogen-bond acceptors (Lipinski definition) is 4. The number of hydrogen-bond donors (Lipinski definition) is 0. The lowest BCUT2D eigenvalue weighted by Crippen LogP contribution is -2.55. The molecular weight excluding hydrogens is 268 g/mol. The SMILES string of the molecule is CCC(=O)C(C)(C)N1COC(C)=C(c2cccnc2)C1=O. The van der Waals surface area contributed by atoms with Gasteiger partial charge in [-0.15, -0.1) is 0 Å². The molecule has 2 rings (SSSR count). The molecule has 0 saturated carbocycles. The fourth-order valence-electron chi connectivity index (χ4n) is 2.41. The minimum absolute atomic E-state index is 0.00420. The van der Waals surface area contributed by atoms with Crippen LogP contribution >= 0.6 is 0 Å². The molecule has 1 aliphatic rings. The van der Waals surface area contributed by atoms with E-state index in [0.29, 0.717) is 23.3 Å². The Morgan fingerprint density at radius 2 is 2.19 bits per heavy atom. The van der Waals surface area contributed by atoms with Gasteiger partial charge >= 0.3 is 0 Å². The first-order valence-electron chi connectivity index (χ1n) is 6.99. The molecule has 0 bridgehead atoms. The monoisotopic (exact) mass is 288 g/mol. The van der Waals surface area contributed by atoms with Gasteiger partial charge in [0.1, 0.15) is 5.76 Å². The highest BCUT2D eigenvalue weighted by molar-refractivity contribution is 6.21. The van der Waals surface area contributed by atoms with Crippen molar-refractivity contribution in [2.75, 3.05) is 6.73 Å². The quantitative estimate of drug-likeness (QED) is 0.853. The number of Topliss-reactive ketones (excluding diaryl/α,β-unsaturated/α-hetero) is 1. The smallest absolute Gasteiger partial charge is 0.261 e. The minimum Gasteiger partial charge on any atom is -0.477 e. The Labute approximate surface area is 124 Å². The summed E-state index contributed by atoms with van der Waals surface area (Å²) in [6, 6.07) is 3.58. The van der Waals surface area contributed by atoms with Crippen LogP contribution in [0.3, 0.4) is 0 Å². The maximum Gasteiger partial charge on any atom is 0.261 e. The average Bonchev–Trinajstić information content (AvgIpc) is 2.47. The second-order valence-corrected chi connectivity index (χ2v) is 5.52. The Balaban J connectivity index is 2.41. The first kappa shape index (κ1) is 15.2. The van der Waals surface area contributed by atoms with Gasteiger partial charge in [0, 0.05) is 24.4 Å². The number of allylic oxidation sites excluding steroid dienone is 1. The maximum absolute atomic E-state index is 12.8. The molecule has 5 nitrogen and oxygen atoms in total. The minimum atomic E-state index is -0.889. The van der Waals surface area contributed by atoms with Gasteiger partial charge in [0.05, 0.1) is 11.1 Å². The second-order valence-electron chi connectivity index (χ2n) is 5.52. The zero-order valence-corrected chi connectivity index (χ0v) is 12.8. The molecular formula is C16H20N2O3. The highest BCUT2D eigenvalue weighted by atomic mass is 16.5. The van der Waals surface area contributed by atoms with E-state index in [-0.39, 0.29) is 18.4 Å². The topological polar surface area (TPSA) is 59.5 Å². The van der Waals surface area contributed by atoms with Crippen molar-refractivity contribution in [1.82, 2.24) is 9.88 Å². The number of pyridine rings is 1. The Kier molecular flexibility index (Phi) is 4.11. The molecule has 0 spiro atoms. The third kappa shape index (κ3) is 2.68. The van der Waals surface area contributed by atoms with Gasteiger partial charge in [0.15, 0.2) is 12.5 Å². The first-order valence-corrected chi connectivity index (χ1v) is 6.99. The lowest BCUT2D eigenvalue weighted by atomic mass is 9.92. The van der Waals surface area contributed by atoms with E-state index in [1.54, 1.807) is 46.2 Å². The molecule has 21 heavy (non-hydrogen) atoms. The van der Waals surface area contributed by atoms with E-state index >= 15 is 0 Å². The highest BCUT2D eigenvalue weighted by Gasteiger charge is 2.41. The maximum atomic E-state index is 12.8. The largest absolute Gasteiger partial charge is 0.477 e. The van der Waals surface area contributed by atoms with Crippen molar-refractivity contribution in [3.05, 3.63) is 35.8 Å². The highest BCUT2D eigenvalue weighted by Crippen LogP contribution is 2.30. The summed E-state index contributed by atoms with van der Waals surface area (Å²) in [5, 5.41) is 0. The molecule has 1 amide bonds. The second kappa shape index (κ2) is 5.68. The average molecular weight is 288 g/mol. The van der Waals surface area contributed by atoms with Crippen LogP contribution in [0.5, 0.6) is 0 Å². The van der Waals surface area contributed by atoms with Crippen LogP contribution in [0.1, 0.15) is 39.7 Å². The lowest BCUT2D eigenvalue weighted by Gasteiger charge is -2.40. The molecule has 0 atom stereocenters. The number of amides is 1. The van der Waals surface area contributed by atoms with Gasteiger partial charge in [-0.1, -0.05) is 13.0 Å². The van der Waals surface area contributed by atoms with Crippen molar-refractivity contribution >= 4 is 17.3 Å². The molecule has 0 radical (unpaired) electrons. The Hall–Kier alpha value is -2.17. The number of ether oxygens (including phenoxy) is 1. The predicted octanol–water partition coefficient (Wildman–Crippen LogP) is 2.39. The zero-order chi connectivity index (χ0) is 15.6. The molecule has 2 heterocycles. The van der Waals surface area contributed by atoms with E-state index in [1.807, 2.05) is 6.07 Å². The Morgan fingerprint density at radius 3 is 2.76 bits per heavy atom. The van der Waals surface area contributed by atoms with Crippen LogP contribution in [0.4, 0.5) is 0 Å². The summed E-state index contributed by atoms with van der Waals surface area (Å²) < 4.78 is 5.61. The van der Waals surface area contributed by atoms with Crippen LogP contribution in [-0.2, 0) is 14.3 Å². The standard InChI is InChI=1S/C16H20N2O3/c1-5-13(19)16(3,4)18-10-21-11(2)14(15(18)20)12-7-6-8-17-9-12/h6-9H,5,10H2,1-4H3. The van der Waals surface area contributed by atoms with Crippen molar-refractivity contribution in [3.63, 3.8) is 0 Å². The van der Waals surface area contributed by atoms with E-state index < -0.39 is 5.54 Å². The summed E-state index contributed by atoms with van der Waals surface area (Å²) in [4.78, 5) is 30.5. The summed E-state index contributed by atoms with van der Waals surface area (Å²) in [5.41, 5.74) is 0.274. The molecule has 112 valence electrons. The van der Waals surface area contributed by atoms with Gasteiger partial charge in [-0.3, -0.25) is 19.5 Å². The molecule has 0 aromatic carbocycles. The fourth-order valence-corrected chi connectivity index (χ4v) is 2.41. The number of carbonyl (C=O) groups excluding carboxylic acids is 2. The van der Waals surface area contributed by atoms with E-state index in [2.05, 4.69) is 4.98 Å². The summed E-state index contributed by atoms with van der Waals surface area (Å²) in [6.07, 6.45) is 3.65. The lowest BCUT2D eigenvalue weighted by molar-refractivity contribution is -0.148. The summed E-state index contributed by atoms with van der Waals surface area (Å²) in [6.45, 7) is 7.14. The van der Waals surface area contributed by atoms with Gasteiger partial charge in [0.25, 0.3) is 5.91 Å². The molecule has 0 unspecified atom stereocenters. The van der Waals surface area contributed by atoms with Crippen LogP contribution in [-0.4, -0.2) is 33.8 Å². The van der Waals surface area contributed by atoms with Crippen molar-refractivity contribution in [2.24, 2.45) is 0 Å². The van der Waals surface area contributed by atoms with Crippen LogP contribution in [0.15, 0.2) is 30.3 Å². The summed E-state index contributed by atoms with van der Waals surface area (Å²) in [7, 11) is 0. The third-order valence-electron chi connectivity index (χ3n) is 3.85. The van der Waals surface area contributed by atoms with E-state index in [4.69, 9.17) is 4.74 Å². The van der Waals surface area contributed by atoms with Crippen molar-refractivity contribution in [3.8, 4) is 0 Å². The fraction of sp³-hybridized carbons (Fsp3) is 0.438. The molecule has 1 aromatic heterocycles. The van der Waals surface area contributed by atoms with Gasteiger partial charge in [-0.25, -0.2) is 0 Å². The van der Waals surface area contributed by atoms with Gasteiger partial charge in [0.2, 0.25) is 0 Å². The normalized spacial score (nSPS) is 16.0. The molecule has 0 fully saturated rings. The first-order chi connectivity index (χ1) is 9.89. The van der Waals surface area contributed by atoms with Gasteiger partial charge in [-0.05, 0) is 26.8 Å². The number of nitrogens with zero attached hydrogens (tertiary/aromatic N) is 2. The van der Waals surface area contributed by atoms with Crippen LogP contribution in [0, 0.1) is 0 Å². The summed E-state index contributed by atoms with van der Waals surface area (Å²) in [5.74, 6) is 0.368. The summed E-state index contributed by atoms with van der Waals surface area (Å²) >= 11 is 0. The molecule has 0 saturated heterocycles. The van der Waals surface area contributed by atoms with E-state index in [0.717, 1.165) is 0 Å². The molecule has 5 heteroatoms. The predicted molar refractivity (Wildman–Crippen MR) is 79.0 cm³/mol. The Morgan fingerprint density at radius 1 is 1.48 bits per heavy atom. The van der Waals surface area contributed by atoms with Gasteiger partial charge < -0.3 is 4.74 Å². The number of carbonyl (C=O) groups is 2. The zero-order valence-electron chi connectivity index (χ0n) is 12.8. The van der Waals surface area contributed by atoms with E-state index in [9.17, 15) is 9.59 Å². The third-order valence-corrected chi connectivity index (χ3v) is 3.85. The van der Waals surface area contributed by atoms with Crippen LogP contribution in [0.2, 0.25) is 0 Å². The van der Waals surface area contributed by atoms with Crippen molar-refractivity contribution in [2.45, 2.75) is 39.7 Å². The number of aromatic nitrogens is 1. The number of ketones is 1.